The van der Waals surface area contributed by atoms with Gasteiger partial charge in [-0.2, -0.15) is 0 Å². The van der Waals surface area contributed by atoms with Gasteiger partial charge in [-0.1, -0.05) is 37.2 Å². The summed E-state index contributed by atoms with van der Waals surface area (Å²) in [6.45, 7) is 2.19. The highest BCUT2D eigenvalue weighted by molar-refractivity contribution is 8.01. The summed E-state index contributed by atoms with van der Waals surface area (Å²) >= 11 is 4.73. The summed E-state index contributed by atoms with van der Waals surface area (Å²) in [5, 5.41) is 3.77. The summed E-state index contributed by atoms with van der Waals surface area (Å²) in [6.07, 6.45) is 2.35. The van der Waals surface area contributed by atoms with E-state index < -0.39 is 0 Å². The third-order valence-corrected chi connectivity index (χ3v) is 8.88. The number of ether oxygens (including phenoxy) is 1. The van der Waals surface area contributed by atoms with Crippen molar-refractivity contribution in [3.8, 4) is 17.0 Å². The first kappa shape index (κ1) is 23.6. The molecule has 0 aliphatic carbocycles. The van der Waals surface area contributed by atoms with Crippen LogP contribution in [0.1, 0.15) is 29.4 Å². The van der Waals surface area contributed by atoms with Gasteiger partial charge in [-0.25, -0.2) is 9.97 Å². The minimum atomic E-state index is -0.241. The third kappa shape index (κ3) is 4.98. The number of amides is 1. The lowest BCUT2D eigenvalue weighted by atomic mass is 10.1. The maximum absolute atomic E-state index is 13.1. The number of benzene rings is 2. The van der Waals surface area contributed by atoms with Crippen LogP contribution in [0.15, 0.2) is 58.9 Å². The molecule has 3 heterocycles. The van der Waals surface area contributed by atoms with E-state index in [9.17, 15) is 4.79 Å². The number of hydrogen-bond acceptors (Lipinski definition) is 8. The number of nitrogens with two attached hydrogens (primary N) is 1. The molecule has 5 aromatic rings. The minimum Gasteiger partial charge on any atom is -0.497 e. The molecule has 1 amide bonds. The SMILES string of the molecule is CCCCSc1nc2ccc(NC(=O)c3sc4nc(-c5cccc(OC)c5)ccc4c3N)cc2s1. The Kier molecular flexibility index (Phi) is 6.90. The molecule has 3 aromatic heterocycles. The minimum absolute atomic E-state index is 0.241. The molecule has 0 radical (unpaired) electrons. The zero-order chi connectivity index (χ0) is 24.4. The Labute approximate surface area is 215 Å². The van der Waals surface area contributed by atoms with E-state index in [1.807, 2.05) is 54.6 Å². The number of rotatable bonds is 8. The van der Waals surface area contributed by atoms with Crippen LogP contribution in [0.2, 0.25) is 0 Å². The Bertz CT molecular complexity index is 1530. The normalized spacial score (nSPS) is 11.3. The number of nitrogen functional groups attached to an aromatic ring is 1. The first-order valence-electron chi connectivity index (χ1n) is 11.2. The van der Waals surface area contributed by atoms with E-state index in [1.54, 1.807) is 30.2 Å². The van der Waals surface area contributed by atoms with Crippen LogP contribution in [0.25, 0.3) is 31.7 Å². The van der Waals surface area contributed by atoms with Crippen molar-refractivity contribution in [1.82, 2.24) is 9.97 Å². The molecule has 2 aromatic carbocycles. The van der Waals surface area contributed by atoms with Gasteiger partial charge in [-0.05, 0) is 48.9 Å². The van der Waals surface area contributed by atoms with E-state index in [1.165, 1.54) is 24.2 Å². The van der Waals surface area contributed by atoms with Gasteiger partial charge < -0.3 is 15.8 Å². The molecule has 0 saturated carbocycles. The Morgan fingerprint density at radius 1 is 1.11 bits per heavy atom. The molecular formula is C26H24N4O2S3. The number of aromatic nitrogens is 2. The number of thiophene rings is 1. The molecule has 178 valence electrons. The molecular weight excluding hydrogens is 497 g/mol. The molecule has 0 bridgehead atoms. The number of thioether (sulfide) groups is 1. The van der Waals surface area contributed by atoms with Crippen molar-refractivity contribution in [3.05, 3.63) is 59.5 Å². The number of fused-ring (bicyclic) bond motifs is 2. The summed E-state index contributed by atoms with van der Waals surface area (Å²) < 4.78 is 7.43. The summed E-state index contributed by atoms with van der Waals surface area (Å²) in [5.41, 5.74) is 10.2. The van der Waals surface area contributed by atoms with Crippen molar-refractivity contribution in [2.24, 2.45) is 0 Å². The maximum atomic E-state index is 13.1. The number of carbonyl (C=O) groups is 1. The average Bonchev–Trinajstić information content (AvgIpc) is 3.44. The Balaban J connectivity index is 1.38. The Hall–Kier alpha value is -3.14. The molecule has 0 spiro atoms. The van der Waals surface area contributed by atoms with E-state index in [2.05, 4.69) is 17.2 Å². The van der Waals surface area contributed by atoms with Gasteiger partial charge in [0.2, 0.25) is 0 Å². The molecule has 6 nitrogen and oxygen atoms in total. The fourth-order valence-electron chi connectivity index (χ4n) is 3.64. The fourth-order valence-corrected chi connectivity index (χ4v) is 6.89. The predicted octanol–water partition coefficient (Wildman–Crippen LogP) is 7.31. The molecule has 35 heavy (non-hydrogen) atoms. The second kappa shape index (κ2) is 10.2. The lowest BCUT2D eigenvalue weighted by Crippen LogP contribution is -2.11. The maximum Gasteiger partial charge on any atom is 0.267 e. The summed E-state index contributed by atoms with van der Waals surface area (Å²) in [7, 11) is 1.64. The molecule has 0 saturated heterocycles. The van der Waals surface area contributed by atoms with Gasteiger partial charge in [-0.3, -0.25) is 4.79 Å². The molecule has 0 fully saturated rings. The topological polar surface area (TPSA) is 90.1 Å². The second-order valence-corrected chi connectivity index (χ2v) is 11.3. The summed E-state index contributed by atoms with van der Waals surface area (Å²) in [6, 6.07) is 17.4. The molecule has 0 unspecified atom stereocenters. The van der Waals surface area contributed by atoms with Crippen molar-refractivity contribution in [1.29, 1.82) is 0 Å². The van der Waals surface area contributed by atoms with Crippen LogP contribution < -0.4 is 15.8 Å². The molecule has 5 rings (SSSR count). The standard InChI is InChI=1S/C26H24N4O2S3/c1-3-4-12-33-26-30-20-10-8-16(14-21(20)34-26)28-24(31)23-22(27)18-9-11-19(29-25(18)35-23)15-6-5-7-17(13-15)32-2/h5-11,13-14H,3-4,12,27H2,1-2H3,(H,28,31). The second-order valence-electron chi connectivity index (χ2n) is 7.94. The molecule has 3 N–H and O–H groups in total. The number of unbranched alkanes of at least 4 members (excludes halogenated alkanes) is 1. The lowest BCUT2D eigenvalue weighted by Gasteiger charge is -2.04. The number of pyridine rings is 1. The van der Waals surface area contributed by atoms with Crippen molar-refractivity contribution in [3.63, 3.8) is 0 Å². The number of nitrogens with zero attached hydrogens (tertiary/aromatic N) is 2. The van der Waals surface area contributed by atoms with Gasteiger partial charge in [0.15, 0.2) is 4.34 Å². The summed E-state index contributed by atoms with van der Waals surface area (Å²) in [4.78, 5) is 23.7. The van der Waals surface area contributed by atoms with Gasteiger partial charge in [0.1, 0.15) is 15.5 Å². The predicted molar refractivity (Wildman–Crippen MR) is 149 cm³/mol. The van der Waals surface area contributed by atoms with Gasteiger partial charge in [-0.15, -0.1) is 22.7 Å². The number of nitrogens with one attached hydrogen (secondary N) is 1. The van der Waals surface area contributed by atoms with E-state index in [0.29, 0.717) is 10.6 Å². The number of thiazole rings is 1. The lowest BCUT2D eigenvalue weighted by molar-refractivity contribution is 0.103. The van der Waals surface area contributed by atoms with Gasteiger partial charge in [0, 0.05) is 22.4 Å². The van der Waals surface area contributed by atoms with Crippen LogP contribution in [-0.2, 0) is 0 Å². The van der Waals surface area contributed by atoms with Crippen molar-refractivity contribution in [2.75, 3.05) is 23.9 Å². The van der Waals surface area contributed by atoms with Crippen molar-refractivity contribution >= 4 is 72.2 Å². The number of carbonyl (C=O) groups excluding carboxylic acids is 1. The summed E-state index contributed by atoms with van der Waals surface area (Å²) in [5.74, 6) is 1.59. The van der Waals surface area contributed by atoms with Gasteiger partial charge in [0.25, 0.3) is 5.91 Å². The van der Waals surface area contributed by atoms with Crippen LogP contribution >= 0.6 is 34.4 Å². The van der Waals surface area contributed by atoms with Crippen LogP contribution in [0.4, 0.5) is 11.4 Å². The zero-order valence-corrected chi connectivity index (χ0v) is 21.8. The number of methoxy groups -OCH3 is 1. The molecule has 0 aliphatic rings. The van der Waals surface area contributed by atoms with E-state index in [-0.39, 0.29) is 5.91 Å². The number of hydrogen-bond donors (Lipinski definition) is 2. The van der Waals surface area contributed by atoms with Crippen LogP contribution in [-0.4, -0.2) is 28.7 Å². The Morgan fingerprint density at radius 3 is 2.83 bits per heavy atom. The highest BCUT2D eigenvalue weighted by Gasteiger charge is 2.18. The average molecular weight is 521 g/mol. The zero-order valence-electron chi connectivity index (χ0n) is 19.3. The Morgan fingerprint density at radius 2 is 2.00 bits per heavy atom. The van der Waals surface area contributed by atoms with Gasteiger partial charge >= 0.3 is 0 Å². The quantitative estimate of drug-likeness (QED) is 0.165. The highest BCUT2D eigenvalue weighted by atomic mass is 32.2. The highest BCUT2D eigenvalue weighted by Crippen LogP contribution is 2.36. The number of anilines is 2. The van der Waals surface area contributed by atoms with E-state index in [4.69, 9.17) is 15.5 Å². The van der Waals surface area contributed by atoms with Gasteiger partial charge in [0.05, 0.1) is 28.7 Å². The van der Waals surface area contributed by atoms with Crippen LogP contribution in [0.5, 0.6) is 5.75 Å². The molecule has 9 heteroatoms. The molecule has 0 aliphatic heterocycles. The smallest absolute Gasteiger partial charge is 0.267 e. The first-order valence-corrected chi connectivity index (χ1v) is 13.9. The van der Waals surface area contributed by atoms with Crippen LogP contribution in [0.3, 0.4) is 0 Å². The van der Waals surface area contributed by atoms with E-state index >= 15 is 0 Å². The molecule has 0 atom stereocenters. The fraction of sp³-hybridized carbons (Fsp3) is 0.192. The third-order valence-electron chi connectivity index (χ3n) is 5.52. The van der Waals surface area contributed by atoms with Crippen molar-refractivity contribution in [2.45, 2.75) is 24.1 Å². The van der Waals surface area contributed by atoms with E-state index in [0.717, 1.165) is 53.2 Å². The largest absolute Gasteiger partial charge is 0.497 e. The van der Waals surface area contributed by atoms with Crippen LogP contribution in [0, 0.1) is 0 Å². The monoisotopic (exact) mass is 520 g/mol. The van der Waals surface area contributed by atoms with Crippen molar-refractivity contribution < 1.29 is 9.53 Å². The first-order chi connectivity index (χ1) is 17.1.